The molecular weight excluding hydrogens is 334 g/mol. The smallest absolute Gasteiger partial charge is 0.155 e. The summed E-state index contributed by atoms with van der Waals surface area (Å²) in [5, 5.41) is 3.68. The third kappa shape index (κ3) is 6.41. The van der Waals surface area contributed by atoms with E-state index in [1.807, 2.05) is 6.92 Å². The molecular formula is C24H47NO2. The van der Waals surface area contributed by atoms with Crippen LogP contribution in [0.2, 0.25) is 0 Å². The van der Waals surface area contributed by atoms with Gasteiger partial charge in [0.2, 0.25) is 0 Å². The molecule has 0 bridgehead atoms. The van der Waals surface area contributed by atoms with E-state index >= 15 is 0 Å². The monoisotopic (exact) mass is 381 g/mol. The lowest BCUT2D eigenvalue weighted by atomic mass is 9.71. The van der Waals surface area contributed by atoms with Gasteiger partial charge in [-0.25, -0.2) is 0 Å². The lowest BCUT2D eigenvalue weighted by Gasteiger charge is -2.39. The van der Waals surface area contributed by atoms with Crippen LogP contribution >= 0.6 is 0 Å². The van der Waals surface area contributed by atoms with Crippen molar-refractivity contribution >= 4 is 11.6 Å². The van der Waals surface area contributed by atoms with Gasteiger partial charge in [-0.2, -0.15) is 0 Å². The molecule has 0 aromatic carbocycles. The summed E-state index contributed by atoms with van der Waals surface area (Å²) in [6, 6.07) is -0.267. The molecule has 0 radical (unpaired) electrons. The van der Waals surface area contributed by atoms with Crippen LogP contribution in [-0.2, 0) is 9.59 Å². The first-order valence-corrected chi connectivity index (χ1v) is 11.3. The third-order valence-corrected chi connectivity index (χ3v) is 7.75. The Morgan fingerprint density at radius 3 is 1.41 bits per heavy atom. The lowest BCUT2D eigenvalue weighted by Crippen LogP contribution is -2.55. The van der Waals surface area contributed by atoms with Crippen molar-refractivity contribution in [1.82, 2.24) is 5.32 Å². The molecule has 0 saturated carbocycles. The Balaban J connectivity index is 5.73. The highest BCUT2D eigenvalue weighted by Crippen LogP contribution is 2.34. The second-order valence-electron chi connectivity index (χ2n) is 9.37. The fraction of sp³-hybridized carbons (Fsp3) is 0.917. The van der Waals surface area contributed by atoms with Gasteiger partial charge in [0.1, 0.15) is 5.78 Å². The van der Waals surface area contributed by atoms with Crippen LogP contribution in [0.5, 0.6) is 0 Å². The van der Waals surface area contributed by atoms with Gasteiger partial charge in [0.05, 0.1) is 6.04 Å². The van der Waals surface area contributed by atoms with Gasteiger partial charge in [0.15, 0.2) is 5.78 Å². The predicted molar refractivity (Wildman–Crippen MR) is 117 cm³/mol. The number of hydrogen-bond acceptors (Lipinski definition) is 3. The molecule has 0 aliphatic carbocycles. The van der Waals surface area contributed by atoms with Gasteiger partial charge in [-0.05, 0) is 51.9 Å². The number of carbonyl (C=O) groups excluding carboxylic acids is 2. The maximum absolute atomic E-state index is 13.5. The zero-order chi connectivity index (χ0) is 21.5. The Morgan fingerprint density at radius 1 is 0.704 bits per heavy atom. The molecule has 0 fully saturated rings. The van der Waals surface area contributed by atoms with E-state index in [0.29, 0.717) is 12.2 Å². The van der Waals surface area contributed by atoms with Crippen molar-refractivity contribution in [3.63, 3.8) is 0 Å². The highest BCUT2D eigenvalue weighted by Gasteiger charge is 2.40. The first kappa shape index (κ1) is 26.3. The van der Waals surface area contributed by atoms with E-state index in [0.717, 1.165) is 38.5 Å². The van der Waals surface area contributed by atoms with Crippen molar-refractivity contribution < 1.29 is 9.59 Å². The van der Waals surface area contributed by atoms with Gasteiger partial charge < -0.3 is 5.32 Å². The van der Waals surface area contributed by atoms with Crippen molar-refractivity contribution in [1.29, 1.82) is 0 Å². The van der Waals surface area contributed by atoms with Crippen LogP contribution in [0.25, 0.3) is 0 Å². The summed E-state index contributed by atoms with van der Waals surface area (Å²) >= 11 is 0. The number of carbonyl (C=O) groups is 2. The number of nitrogens with one attached hydrogen (secondary N) is 1. The fourth-order valence-corrected chi connectivity index (χ4v) is 3.78. The van der Waals surface area contributed by atoms with Crippen molar-refractivity contribution in [2.75, 3.05) is 0 Å². The number of ketones is 2. The highest BCUT2D eigenvalue weighted by atomic mass is 16.1. The molecule has 0 aromatic heterocycles. The minimum atomic E-state index is -0.332. The number of rotatable bonds is 14. The molecule has 3 heteroatoms. The summed E-state index contributed by atoms with van der Waals surface area (Å²) in [4.78, 5) is 26.6. The van der Waals surface area contributed by atoms with Gasteiger partial charge in [-0.15, -0.1) is 0 Å². The van der Waals surface area contributed by atoms with Crippen LogP contribution in [0, 0.1) is 16.7 Å². The van der Waals surface area contributed by atoms with E-state index in [1.54, 1.807) is 0 Å². The SMILES string of the molecule is CCC(C)(CC)NC(CC(C)C(=O)C(C)(CC)CC)C(=O)C(C)(CC)CC. The topological polar surface area (TPSA) is 46.2 Å². The van der Waals surface area contributed by atoms with Gasteiger partial charge in [-0.3, -0.25) is 9.59 Å². The van der Waals surface area contributed by atoms with Crippen LogP contribution in [0.1, 0.15) is 114 Å². The van der Waals surface area contributed by atoms with Crippen LogP contribution in [0.15, 0.2) is 0 Å². The quantitative estimate of drug-likeness (QED) is 0.382. The summed E-state index contributed by atoms with van der Waals surface area (Å²) in [5.41, 5.74) is -0.698. The highest BCUT2D eigenvalue weighted by molar-refractivity contribution is 5.91. The minimum Gasteiger partial charge on any atom is -0.302 e. The van der Waals surface area contributed by atoms with Crippen molar-refractivity contribution in [3.8, 4) is 0 Å². The van der Waals surface area contributed by atoms with Crippen LogP contribution < -0.4 is 5.32 Å². The fourth-order valence-electron chi connectivity index (χ4n) is 3.78. The van der Waals surface area contributed by atoms with Gasteiger partial charge >= 0.3 is 0 Å². The summed E-state index contributed by atoms with van der Waals surface area (Å²) in [5.74, 6) is 0.457. The maximum Gasteiger partial charge on any atom is 0.155 e. The third-order valence-electron chi connectivity index (χ3n) is 7.75. The summed E-state index contributed by atoms with van der Waals surface area (Å²) in [6.45, 7) is 21.0. The molecule has 0 rings (SSSR count). The molecule has 3 nitrogen and oxygen atoms in total. The molecule has 0 aliphatic rings. The zero-order valence-corrected chi connectivity index (χ0v) is 19.9. The van der Waals surface area contributed by atoms with E-state index in [4.69, 9.17) is 0 Å². The molecule has 0 heterocycles. The van der Waals surface area contributed by atoms with Gasteiger partial charge in [-0.1, -0.05) is 62.3 Å². The Hall–Kier alpha value is -0.700. The lowest BCUT2D eigenvalue weighted by molar-refractivity contribution is -0.134. The molecule has 0 aromatic rings. The molecule has 1 N–H and O–H groups in total. The summed E-state index contributed by atoms with van der Waals surface area (Å²) in [7, 11) is 0. The Labute approximate surface area is 169 Å². The first-order valence-electron chi connectivity index (χ1n) is 11.3. The van der Waals surface area contributed by atoms with Crippen molar-refractivity contribution in [2.24, 2.45) is 16.7 Å². The van der Waals surface area contributed by atoms with E-state index < -0.39 is 0 Å². The van der Waals surface area contributed by atoms with Gasteiger partial charge in [0, 0.05) is 22.3 Å². The minimum absolute atomic E-state index is 0.0791. The molecule has 2 unspecified atom stereocenters. The normalized spacial score (nSPS) is 15.5. The standard InChI is InChI=1S/C24H47NO2/c1-11-22(8,12-2)20(26)18(7)17-19(25-24(10,15-5)16-6)21(27)23(9,13-3)14-4/h18-19,25H,11-17H2,1-10H3. The Morgan fingerprint density at radius 2 is 1.07 bits per heavy atom. The molecule has 0 amide bonds. The van der Waals surface area contributed by atoms with E-state index in [-0.39, 0.29) is 34.1 Å². The average Bonchev–Trinajstić information content (AvgIpc) is 2.70. The summed E-state index contributed by atoms with van der Waals surface area (Å²) < 4.78 is 0. The van der Waals surface area contributed by atoms with Crippen LogP contribution in [0.3, 0.4) is 0 Å². The van der Waals surface area contributed by atoms with Crippen LogP contribution in [-0.4, -0.2) is 23.1 Å². The van der Waals surface area contributed by atoms with E-state index in [1.165, 1.54) is 0 Å². The molecule has 0 saturated heterocycles. The average molecular weight is 382 g/mol. The molecule has 0 aliphatic heterocycles. The predicted octanol–water partition coefficient (Wildman–Crippen LogP) is 6.34. The largest absolute Gasteiger partial charge is 0.302 e. The Bertz CT molecular complexity index is 471. The van der Waals surface area contributed by atoms with Crippen molar-refractivity contribution in [3.05, 3.63) is 0 Å². The second-order valence-corrected chi connectivity index (χ2v) is 9.37. The summed E-state index contributed by atoms with van der Waals surface area (Å²) in [6.07, 6.45) is 5.89. The van der Waals surface area contributed by atoms with E-state index in [2.05, 4.69) is 67.6 Å². The zero-order valence-electron chi connectivity index (χ0n) is 19.9. The number of Topliss-reactive ketones (excluding diaryl/α,β-unsaturated/α-hetero) is 2. The maximum atomic E-state index is 13.5. The van der Waals surface area contributed by atoms with Crippen molar-refractivity contribution in [2.45, 2.75) is 126 Å². The van der Waals surface area contributed by atoms with Crippen LogP contribution in [0.4, 0.5) is 0 Å². The molecule has 2 atom stereocenters. The second kappa shape index (κ2) is 10.7. The van der Waals surface area contributed by atoms with Gasteiger partial charge in [0.25, 0.3) is 0 Å². The Kier molecular flexibility index (Phi) is 10.5. The molecule has 160 valence electrons. The number of hydrogen-bond donors (Lipinski definition) is 1. The molecule has 0 spiro atoms. The molecule has 27 heavy (non-hydrogen) atoms. The van der Waals surface area contributed by atoms with E-state index in [9.17, 15) is 9.59 Å². The first-order chi connectivity index (χ1) is 12.4.